The summed E-state index contributed by atoms with van der Waals surface area (Å²) in [5, 5.41) is 5.09. The molecule has 1 aromatic carbocycles. The van der Waals surface area contributed by atoms with Gasteiger partial charge < -0.3 is 10.1 Å². The van der Waals surface area contributed by atoms with Crippen LogP contribution in [-0.4, -0.2) is 28.1 Å². The Balaban J connectivity index is 1.60. The highest BCUT2D eigenvalue weighted by atomic mass is 32.1. The lowest BCUT2D eigenvalue weighted by molar-refractivity contribution is -0.127. The third-order valence-electron chi connectivity index (χ3n) is 3.92. The van der Waals surface area contributed by atoms with Gasteiger partial charge in [-0.05, 0) is 37.4 Å². The van der Waals surface area contributed by atoms with Crippen molar-refractivity contribution >= 4 is 27.5 Å². The van der Waals surface area contributed by atoms with Crippen LogP contribution in [0.25, 0.3) is 10.2 Å². The molecule has 0 saturated heterocycles. The Morgan fingerprint density at radius 2 is 2.15 bits per heavy atom. The second-order valence-electron chi connectivity index (χ2n) is 5.74. The van der Waals surface area contributed by atoms with Gasteiger partial charge in [0.2, 0.25) is 0 Å². The number of carbonyl (C=O) groups excluding carboxylic acids is 1. The summed E-state index contributed by atoms with van der Waals surface area (Å²) in [7, 11) is 0. The monoisotopic (exact) mass is 375 g/mol. The largest absolute Gasteiger partial charge is 0.478 e. The number of nitrogens with one attached hydrogen (secondary N) is 1. The predicted octanol–water partition coefficient (Wildman–Crippen LogP) is 2.49. The minimum Gasteiger partial charge on any atom is -0.478 e. The van der Waals surface area contributed by atoms with Crippen LogP contribution in [0, 0.1) is 12.7 Å². The Kier molecular flexibility index (Phi) is 5.32. The molecule has 0 aliphatic rings. The maximum Gasteiger partial charge on any atom is 0.262 e. The molecular weight excluding hydrogens is 357 g/mol. The lowest BCUT2D eigenvalue weighted by Gasteiger charge is -2.16. The second-order valence-corrected chi connectivity index (χ2v) is 6.63. The molecule has 2 aromatic heterocycles. The van der Waals surface area contributed by atoms with Crippen LogP contribution in [0.5, 0.6) is 5.75 Å². The van der Waals surface area contributed by atoms with Gasteiger partial charge in [-0.15, -0.1) is 11.3 Å². The minimum atomic E-state index is -0.859. The highest BCUT2D eigenvalue weighted by Gasteiger charge is 2.16. The fourth-order valence-electron chi connectivity index (χ4n) is 2.53. The van der Waals surface area contributed by atoms with Gasteiger partial charge in [-0.2, -0.15) is 0 Å². The van der Waals surface area contributed by atoms with E-state index in [9.17, 15) is 14.0 Å². The van der Waals surface area contributed by atoms with Gasteiger partial charge in [0.25, 0.3) is 11.5 Å². The summed E-state index contributed by atoms with van der Waals surface area (Å²) >= 11 is 1.42. The van der Waals surface area contributed by atoms with E-state index in [0.717, 1.165) is 0 Å². The lowest BCUT2D eigenvalue weighted by atomic mass is 10.3. The Morgan fingerprint density at radius 1 is 1.38 bits per heavy atom. The van der Waals surface area contributed by atoms with Crippen molar-refractivity contribution < 1.29 is 13.9 Å². The van der Waals surface area contributed by atoms with Gasteiger partial charge in [0.1, 0.15) is 10.7 Å². The molecule has 0 fully saturated rings. The van der Waals surface area contributed by atoms with Crippen LogP contribution < -0.4 is 15.6 Å². The number of aryl methyl sites for hydroxylation is 1. The predicted molar refractivity (Wildman–Crippen MR) is 98.1 cm³/mol. The number of benzene rings is 1. The molecule has 26 heavy (non-hydrogen) atoms. The van der Waals surface area contributed by atoms with Crippen molar-refractivity contribution in [2.24, 2.45) is 0 Å². The Labute approximate surface area is 153 Å². The molecular formula is C18H18FN3O3S. The van der Waals surface area contributed by atoms with Crippen molar-refractivity contribution in [3.05, 3.63) is 57.7 Å². The van der Waals surface area contributed by atoms with E-state index < -0.39 is 11.9 Å². The van der Waals surface area contributed by atoms with Gasteiger partial charge in [0.15, 0.2) is 17.7 Å². The number of thiophene rings is 1. The van der Waals surface area contributed by atoms with Crippen molar-refractivity contribution in [3.8, 4) is 5.75 Å². The summed E-state index contributed by atoms with van der Waals surface area (Å²) in [5.74, 6) is -0.294. The molecule has 6 nitrogen and oxygen atoms in total. The van der Waals surface area contributed by atoms with E-state index in [4.69, 9.17) is 4.74 Å². The SMILES string of the molecule is Cc1nc2sccc2c(=O)n1CCNC(=O)[C@@H](C)Oc1ccccc1F. The molecule has 1 atom stereocenters. The summed E-state index contributed by atoms with van der Waals surface area (Å²) < 4.78 is 20.4. The van der Waals surface area contributed by atoms with Crippen molar-refractivity contribution in [3.63, 3.8) is 0 Å². The molecule has 0 saturated carbocycles. The van der Waals surface area contributed by atoms with Crippen molar-refractivity contribution in [2.45, 2.75) is 26.5 Å². The summed E-state index contributed by atoms with van der Waals surface area (Å²) in [6.07, 6.45) is -0.859. The molecule has 0 aliphatic heterocycles. The summed E-state index contributed by atoms with van der Waals surface area (Å²) in [4.78, 5) is 29.7. The van der Waals surface area contributed by atoms with Gasteiger partial charge in [0, 0.05) is 13.1 Å². The van der Waals surface area contributed by atoms with Crippen LogP contribution in [0.15, 0.2) is 40.5 Å². The van der Waals surface area contributed by atoms with Gasteiger partial charge in [-0.25, -0.2) is 9.37 Å². The van der Waals surface area contributed by atoms with Gasteiger partial charge >= 0.3 is 0 Å². The van der Waals surface area contributed by atoms with Crippen LogP contribution >= 0.6 is 11.3 Å². The average molecular weight is 375 g/mol. The lowest BCUT2D eigenvalue weighted by Crippen LogP contribution is -2.39. The van der Waals surface area contributed by atoms with Crippen LogP contribution in [0.2, 0.25) is 0 Å². The van der Waals surface area contributed by atoms with E-state index in [-0.39, 0.29) is 23.8 Å². The number of para-hydroxylation sites is 1. The molecule has 1 N–H and O–H groups in total. The molecule has 3 rings (SSSR count). The molecule has 0 bridgehead atoms. The zero-order valence-electron chi connectivity index (χ0n) is 14.4. The van der Waals surface area contributed by atoms with E-state index in [1.54, 1.807) is 25.1 Å². The normalized spacial score (nSPS) is 12.1. The van der Waals surface area contributed by atoms with Crippen LogP contribution in [0.3, 0.4) is 0 Å². The van der Waals surface area contributed by atoms with Crippen LogP contribution in [-0.2, 0) is 11.3 Å². The van der Waals surface area contributed by atoms with E-state index in [0.29, 0.717) is 22.6 Å². The molecule has 2 heterocycles. The number of carbonyl (C=O) groups is 1. The van der Waals surface area contributed by atoms with Gasteiger partial charge in [-0.1, -0.05) is 12.1 Å². The first-order chi connectivity index (χ1) is 12.5. The van der Waals surface area contributed by atoms with E-state index in [1.807, 2.05) is 5.38 Å². The van der Waals surface area contributed by atoms with E-state index >= 15 is 0 Å². The maximum absolute atomic E-state index is 13.6. The number of fused-ring (bicyclic) bond motifs is 1. The van der Waals surface area contributed by atoms with Gasteiger partial charge in [-0.3, -0.25) is 14.2 Å². The molecule has 136 valence electrons. The number of nitrogens with zero attached hydrogens (tertiary/aromatic N) is 2. The first kappa shape index (κ1) is 18.1. The number of halogens is 1. The molecule has 1 amide bonds. The fourth-order valence-corrected chi connectivity index (χ4v) is 3.33. The quantitative estimate of drug-likeness (QED) is 0.718. The smallest absolute Gasteiger partial charge is 0.262 e. The maximum atomic E-state index is 13.6. The van der Waals surface area contributed by atoms with E-state index in [2.05, 4.69) is 10.3 Å². The fraction of sp³-hybridized carbons (Fsp3) is 0.278. The summed E-state index contributed by atoms with van der Waals surface area (Å²) in [6, 6.07) is 7.65. The number of hydrogen-bond donors (Lipinski definition) is 1. The Morgan fingerprint density at radius 3 is 2.92 bits per heavy atom. The van der Waals surface area contributed by atoms with Crippen molar-refractivity contribution in [1.82, 2.24) is 14.9 Å². The molecule has 8 heteroatoms. The Hall–Kier alpha value is -2.74. The molecule has 3 aromatic rings. The number of hydrogen-bond acceptors (Lipinski definition) is 5. The minimum absolute atomic E-state index is 0.0225. The third-order valence-corrected chi connectivity index (χ3v) is 4.73. The first-order valence-electron chi connectivity index (χ1n) is 8.11. The highest BCUT2D eigenvalue weighted by Crippen LogP contribution is 2.17. The van der Waals surface area contributed by atoms with E-state index in [1.165, 1.54) is 35.0 Å². The summed E-state index contributed by atoms with van der Waals surface area (Å²) in [6.45, 7) is 3.83. The zero-order chi connectivity index (χ0) is 18.7. The number of rotatable bonds is 6. The highest BCUT2D eigenvalue weighted by molar-refractivity contribution is 7.16. The molecule has 0 unspecified atom stereocenters. The number of ether oxygens (including phenoxy) is 1. The Bertz CT molecular complexity index is 999. The topological polar surface area (TPSA) is 73.2 Å². The van der Waals surface area contributed by atoms with Crippen LogP contribution in [0.1, 0.15) is 12.7 Å². The molecule has 0 aliphatic carbocycles. The summed E-state index contributed by atoms with van der Waals surface area (Å²) in [5.41, 5.74) is -0.126. The second kappa shape index (κ2) is 7.65. The van der Waals surface area contributed by atoms with Crippen molar-refractivity contribution in [1.29, 1.82) is 0 Å². The van der Waals surface area contributed by atoms with Crippen LogP contribution in [0.4, 0.5) is 4.39 Å². The number of amides is 1. The third kappa shape index (κ3) is 3.75. The molecule has 0 spiro atoms. The average Bonchev–Trinajstić information content (AvgIpc) is 3.08. The first-order valence-corrected chi connectivity index (χ1v) is 8.99. The van der Waals surface area contributed by atoms with Gasteiger partial charge in [0.05, 0.1) is 5.39 Å². The zero-order valence-corrected chi connectivity index (χ0v) is 15.2. The van der Waals surface area contributed by atoms with Crippen molar-refractivity contribution in [2.75, 3.05) is 6.54 Å². The number of aromatic nitrogens is 2. The standard InChI is InChI=1S/C18H18FN3O3S/c1-11(25-15-6-4-3-5-14(15)19)16(23)20-8-9-22-12(2)21-17-13(18(22)24)7-10-26-17/h3-7,10-11H,8-9H2,1-2H3,(H,20,23)/t11-/m1/s1. The molecule has 0 radical (unpaired) electrons.